The summed E-state index contributed by atoms with van der Waals surface area (Å²) < 4.78 is 2.12. The first-order valence-corrected chi connectivity index (χ1v) is 10.7. The molecule has 0 aliphatic carbocycles. The Labute approximate surface area is 164 Å². The summed E-state index contributed by atoms with van der Waals surface area (Å²) in [6.45, 7) is 8.09. The number of hydrogen-bond donors (Lipinski definition) is 0. The second kappa shape index (κ2) is 7.50. The van der Waals surface area contributed by atoms with Crippen molar-refractivity contribution < 1.29 is 4.79 Å². The van der Waals surface area contributed by atoms with Crippen LogP contribution in [-0.2, 0) is 4.79 Å². The van der Waals surface area contributed by atoms with Crippen LogP contribution < -0.4 is 0 Å². The third-order valence-corrected chi connectivity index (χ3v) is 6.25. The van der Waals surface area contributed by atoms with Gasteiger partial charge in [-0.15, -0.1) is 10.2 Å². The Morgan fingerprint density at radius 1 is 1.00 bits per heavy atom. The Morgan fingerprint density at radius 3 is 2.48 bits per heavy atom. The van der Waals surface area contributed by atoms with Crippen LogP contribution in [0.5, 0.6) is 0 Å². The molecule has 0 spiro atoms. The van der Waals surface area contributed by atoms with E-state index in [2.05, 4.69) is 53.6 Å². The maximum atomic E-state index is 12.7. The van der Waals surface area contributed by atoms with E-state index in [1.165, 1.54) is 41.1 Å². The fourth-order valence-electron chi connectivity index (χ4n) is 4.06. The molecule has 4 rings (SSSR count). The lowest BCUT2D eigenvalue weighted by Gasteiger charge is -2.19. The number of amides is 1. The molecular formula is C21H26N4OS. The van der Waals surface area contributed by atoms with E-state index in [0.29, 0.717) is 5.75 Å². The average Bonchev–Trinajstić information content (AvgIpc) is 2.86. The van der Waals surface area contributed by atoms with Gasteiger partial charge in [-0.1, -0.05) is 36.2 Å². The predicted molar refractivity (Wildman–Crippen MR) is 110 cm³/mol. The van der Waals surface area contributed by atoms with Crippen LogP contribution in [0, 0.1) is 20.8 Å². The Morgan fingerprint density at radius 2 is 1.74 bits per heavy atom. The lowest BCUT2D eigenvalue weighted by atomic mass is 10.1. The molecule has 142 valence electrons. The van der Waals surface area contributed by atoms with Gasteiger partial charge in [-0.25, -0.2) is 0 Å². The Kier molecular flexibility index (Phi) is 5.08. The van der Waals surface area contributed by atoms with E-state index in [-0.39, 0.29) is 5.91 Å². The van der Waals surface area contributed by atoms with E-state index in [9.17, 15) is 4.79 Å². The van der Waals surface area contributed by atoms with Crippen LogP contribution in [-0.4, -0.2) is 44.2 Å². The average molecular weight is 383 g/mol. The molecule has 1 aromatic carbocycles. The van der Waals surface area contributed by atoms with Crippen molar-refractivity contribution in [2.75, 3.05) is 18.8 Å². The highest BCUT2D eigenvalue weighted by Gasteiger charge is 2.19. The Balaban J connectivity index is 1.67. The van der Waals surface area contributed by atoms with Crippen LogP contribution in [0.25, 0.3) is 16.6 Å². The number of thioether (sulfide) groups is 1. The van der Waals surface area contributed by atoms with E-state index in [1.54, 1.807) is 0 Å². The molecule has 0 bridgehead atoms. The third kappa shape index (κ3) is 3.55. The zero-order chi connectivity index (χ0) is 19.0. The minimum absolute atomic E-state index is 0.211. The van der Waals surface area contributed by atoms with Gasteiger partial charge in [0, 0.05) is 13.1 Å². The standard InChI is InChI=1S/C21H26N4OS/c1-14-10-15(2)19-17(11-14)12-16(3)20-22-23-21(25(19)20)27-13-18(26)24-8-6-4-5-7-9-24/h10-12H,4-9,13H2,1-3H3. The zero-order valence-corrected chi connectivity index (χ0v) is 17.1. The number of rotatable bonds is 3. The van der Waals surface area contributed by atoms with Crippen LogP contribution >= 0.6 is 11.8 Å². The zero-order valence-electron chi connectivity index (χ0n) is 16.3. The summed E-state index contributed by atoms with van der Waals surface area (Å²) >= 11 is 1.50. The highest BCUT2D eigenvalue weighted by Crippen LogP contribution is 2.28. The van der Waals surface area contributed by atoms with E-state index < -0.39 is 0 Å². The number of benzene rings is 1. The lowest BCUT2D eigenvalue weighted by molar-refractivity contribution is -0.128. The summed E-state index contributed by atoms with van der Waals surface area (Å²) in [4.78, 5) is 14.7. The van der Waals surface area contributed by atoms with Crippen LogP contribution in [0.1, 0.15) is 42.4 Å². The quantitative estimate of drug-likeness (QED) is 0.634. The van der Waals surface area contributed by atoms with Crippen molar-refractivity contribution in [3.63, 3.8) is 0 Å². The summed E-state index contributed by atoms with van der Waals surface area (Å²) in [6, 6.07) is 6.57. The fraction of sp³-hybridized carbons (Fsp3) is 0.476. The molecule has 0 unspecified atom stereocenters. The summed E-state index contributed by atoms with van der Waals surface area (Å²) in [6.07, 6.45) is 4.70. The number of carbonyl (C=O) groups excluding carboxylic acids is 1. The topological polar surface area (TPSA) is 50.5 Å². The van der Waals surface area contributed by atoms with Gasteiger partial charge < -0.3 is 4.90 Å². The van der Waals surface area contributed by atoms with Crippen molar-refractivity contribution in [3.05, 3.63) is 34.9 Å². The molecule has 5 nitrogen and oxygen atoms in total. The molecule has 0 N–H and O–H groups in total. The second-order valence-electron chi connectivity index (χ2n) is 7.57. The van der Waals surface area contributed by atoms with Crippen LogP contribution in [0.15, 0.2) is 23.4 Å². The number of likely N-dealkylation sites (tertiary alicyclic amines) is 1. The molecule has 1 aliphatic rings. The molecular weight excluding hydrogens is 356 g/mol. The van der Waals surface area contributed by atoms with Crippen LogP contribution in [0.3, 0.4) is 0 Å². The van der Waals surface area contributed by atoms with Gasteiger partial charge >= 0.3 is 0 Å². The van der Waals surface area contributed by atoms with Crippen molar-refractivity contribution in [1.82, 2.24) is 19.5 Å². The molecule has 0 radical (unpaired) electrons. The van der Waals surface area contributed by atoms with Crippen molar-refractivity contribution in [2.45, 2.75) is 51.6 Å². The van der Waals surface area contributed by atoms with Crippen molar-refractivity contribution >= 4 is 34.2 Å². The van der Waals surface area contributed by atoms with Gasteiger partial charge in [0.1, 0.15) is 0 Å². The number of aromatic nitrogens is 3. The first kappa shape index (κ1) is 18.3. The monoisotopic (exact) mass is 382 g/mol. The molecule has 0 saturated carbocycles. The van der Waals surface area contributed by atoms with Crippen molar-refractivity contribution in [1.29, 1.82) is 0 Å². The molecule has 3 aromatic rings. The molecule has 0 atom stereocenters. The summed E-state index contributed by atoms with van der Waals surface area (Å²) in [5.41, 5.74) is 5.56. The summed E-state index contributed by atoms with van der Waals surface area (Å²) in [5.74, 6) is 0.629. The summed E-state index contributed by atoms with van der Waals surface area (Å²) in [7, 11) is 0. The molecule has 1 fully saturated rings. The minimum atomic E-state index is 0.211. The number of fused-ring (bicyclic) bond motifs is 3. The highest BCUT2D eigenvalue weighted by atomic mass is 32.2. The molecule has 1 saturated heterocycles. The summed E-state index contributed by atoms with van der Waals surface area (Å²) in [5, 5.41) is 10.8. The number of hydrogen-bond acceptors (Lipinski definition) is 4. The number of pyridine rings is 1. The Bertz CT molecular complexity index is 1000. The first-order chi connectivity index (χ1) is 13.0. The van der Waals surface area contributed by atoms with Gasteiger partial charge in [0.25, 0.3) is 0 Å². The Hall–Kier alpha value is -2.08. The number of carbonyl (C=O) groups is 1. The molecule has 1 amide bonds. The van der Waals surface area contributed by atoms with Crippen molar-refractivity contribution in [3.8, 4) is 0 Å². The highest BCUT2D eigenvalue weighted by molar-refractivity contribution is 7.99. The maximum Gasteiger partial charge on any atom is 0.233 e. The minimum Gasteiger partial charge on any atom is -0.342 e. The molecule has 27 heavy (non-hydrogen) atoms. The first-order valence-electron chi connectivity index (χ1n) is 9.71. The van der Waals surface area contributed by atoms with E-state index >= 15 is 0 Å². The number of nitrogens with zero attached hydrogens (tertiary/aromatic N) is 4. The SMILES string of the molecule is Cc1cc(C)c2c(c1)cc(C)c1nnc(SCC(=O)N3CCCCCC3)n12. The largest absolute Gasteiger partial charge is 0.342 e. The van der Waals surface area contributed by atoms with Gasteiger partial charge in [0.15, 0.2) is 10.8 Å². The molecule has 3 heterocycles. The third-order valence-electron chi connectivity index (χ3n) is 5.34. The number of aryl methyl sites for hydroxylation is 3. The van der Waals surface area contributed by atoms with Gasteiger partial charge in [0.05, 0.1) is 11.3 Å². The predicted octanol–water partition coefficient (Wildman–Crippen LogP) is 4.30. The van der Waals surface area contributed by atoms with Crippen molar-refractivity contribution in [2.24, 2.45) is 0 Å². The van der Waals surface area contributed by atoms with E-state index in [4.69, 9.17) is 0 Å². The second-order valence-corrected chi connectivity index (χ2v) is 8.51. The van der Waals surface area contributed by atoms with Gasteiger partial charge in [0.2, 0.25) is 5.91 Å². The van der Waals surface area contributed by atoms with Gasteiger partial charge in [-0.05, 0) is 62.3 Å². The van der Waals surface area contributed by atoms with Gasteiger partial charge in [-0.2, -0.15) is 0 Å². The maximum absolute atomic E-state index is 12.7. The van der Waals surface area contributed by atoms with Crippen LogP contribution in [0.2, 0.25) is 0 Å². The van der Waals surface area contributed by atoms with Crippen LogP contribution in [0.4, 0.5) is 0 Å². The lowest BCUT2D eigenvalue weighted by Crippen LogP contribution is -2.33. The molecule has 6 heteroatoms. The normalized spacial score (nSPS) is 15.4. The van der Waals surface area contributed by atoms with E-state index in [1.807, 2.05) is 4.90 Å². The van der Waals surface area contributed by atoms with E-state index in [0.717, 1.165) is 47.8 Å². The smallest absolute Gasteiger partial charge is 0.233 e. The molecule has 2 aromatic heterocycles. The van der Waals surface area contributed by atoms with Gasteiger partial charge in [-0.3, -0.25) is 9.20 Å². The fourth-order valence-corrected chi connectivity index (χ4v) is 4.90. The molecule has 1 aliphatic heterocycles.